The lowest BCUT2D eigenvalue weighted by Gasteiger charge is -2.33. The van der Waals surface area contributed by atoms with Crippen molar-refractivity contribution in [2.24, 2.45) is 0 Å². The second-order valence-corrected chi connectivity index (χ2v) is 6.26. The SMILES string of the molecule is CCOC(=O)N([C@H]1CS(=O)(=O)C[C@H]1O)N(C)C. The first kappa shape index (κ1) is 14.2. The van der Waals surface area contributed by atoms with Gasteiger partial charge in [0.2, 0.25) is 0 Å². The molecule has 1 N–H and O–H groups in total. The lowest BCUT2D eigenvalue weighted by atomic mass is 10.2. The smallest absolute Gasteiger partial charge is 0.424 e. The second kappa shape index (κ2) is 5.19. The number of hydrogen-bond acceptors (Lipinski definition) is 6. The predicted octanol–water partition coefficient (Wildman–Crippen LogP) is -0.921. The zero-order chi connectivity index (χ0) is 13.2. The Morgan fingerprint density at radius 2 is 2.00 bits per heavy atom. The van der Waals surface area contributed by atoms with Gasteiger partial charge in [-0.2, -0.15) is 0 Å². The molecule has 1 saturated heterocycles. The molecule has 0 aromatic carbocycles. The van der Waals surface area contributed by atoms with Crippen molar-refractivity contribution in [2.75, 3.05) is 32.2 Å². The van der Waals surface area contributed by atoms with Crippen molar-refractivity contribution in [3.05, 3.63) is 0 Å². The van der Waals surface area contributed by atoms with Crippen LogP contribution >= 0.6 is 0 Å². The number of sulfone groups is 1. The van der Waals surface area contributed by atoms with Crippen molar-refractivity contribution in [3.63, 3.8) is 0 Å². The lowest BCUT2D eigenvalue weighted by molar-refractivity contribution is -0.0401. The normalized spacial score (nSPS) is 27.1. The number of carbonyl (C=O) groups excluding carboxylic acids is 1. The molecule has 1 aliphatic heterocycles. The quantitative estimate of drug-likeness (QED) is 0.665. The van der Waals surface area contributed by atoms with Gasteiger partial charge in [-0.25, -0.2) is 23.2 Å². The monoisotopic (exact) mass is 266 g/mol. The predicted molar refractivity (Wildman–Crippen MR) is 61.0 cm³/mol. The summed E-state index contributed by atoms with van der Waals surface area (Å²) in [5.74, 6) is -0.563. The maximum Gasteiger partial charge on any atom is 0.424 e. The largest absolute Gasteiger partial charge is 0.449 e. The van der Waals surface area contributed by atoms with Gasteiger partial charge in [-0.3, -0.25) is 0 Å². The van der Waals surface area contributed by atoms with Crippen molar-refractivity contribution in [3.8, 4) is 0 Å². The van der Waals surface area contributed by atoms with Crippen molar-refractivity contribution in [1.29, 1.82) is 0 Å². The first-order chi connectivity index (χ1) is 7.78. The number of amides is 1. The molecule has 1 heterocycles. The number of aliphatic hydroxyl groups is 1. The molecular weight excluding hydrogens is 248 g/mol. The Morgan fingerprint density at radius 1 is 1.41 bits per heavy atom. The summed E-state index contributed by atoms with van der Waals surface area (Å²) in [6.45, 7) is 1.85. The van der Waals surface area contributed by atoms with Gasteiger partial charge in [0, 0.05) is 14.1 Å². The molecule has 0 saturated carbocycles. The van der Waals surface area contributed by atoms with E-state index >= 15 is 0 Å². The van der Waals surface area contributed by atoms with E-state index in [1.165, 1.54) is 5.01 Å². The summed E-state index contributed by atoms with van der Waals surface area (Å²) in [5.41, 5.74) is 0. The van der Waals surface area contributed by atoms with Crippen molar-refractivity contribution < 1.29 is 23.1 Å². The van der Waals surface area contributed by atoms with Crippen LogP contribution in [0.3, 0.4) is 0 Å². The molecule has 1 rings (SSSR count). The standard InChI is InChI=1S/C9H18N2O5S/c1-4-16-9(13)11(10(2)3)7-5-17(14,15)6-8(7)12/h7-8,12H,4-6H2,1-3H3/t7-,8+/m0/s1. The Labute approximate surface area is 101 Å². The van der Waals surface area contributed by atoms with E-state index in [-0.39, 0.29) is 18.1 Å². The van der Waals surface area contributed by atoms with E-state index in [1.54, 1.807) is 21.0 Å². The highest BCUT2D eigenvalue weighted by atomic mass is 32.2. The average molecular weight is 266 g/mol. The van der Waals surface area contributed by atoms with Gasteiger partial charge < -0.3 is 9.84 Å². The van der Waals surface area contributed by atoms with E-state index in [0.29, 0.717) is 0 Å². The highest BCUT2D eigenvalue weighted by Gasteiger charge is 2.43. The molecule has 0 radical (unpaired) electrons. The van der Waals surface area contributed by atoms with Crippen LogP contribution in [-0.4, -0.2) is 74.0 Å². The number of hydrogen-bond donors (Lipinski definition) is 1. The number of carbonyl (C=O) groups is 1. The highest BCUT2D eigenvalue weighted by Crippen LogP contribution is 2.20. The van der Waals surface area contributed by atoms with Gasteiger partial charge in [-0.15, -0.1) is 0 Å². The van der Waals surface area contributed by atoms with Crippen LogP contribution in [0.4, 0.5) is 4.79 Å². The third kappa shape index (κ3) is 3.30. The summed E-state index contributed by atoms with van der Waals surface area (Å²) in [6.07, 6.45) is -1.73. The molecule has 0 unspecified atom stereocenters. The topological polar surface area (TPSA) is 87.1 Å². The van der Waals surface area contributed by atoms with E-state index in [9.17, 15) is 18.3 Å². The molecule has 100 valence electrons. The third-order valence-corrected chi connectivity index (χ3v) is 4.19. The highest BCUT2D eigenvalue weighted by molar-refractivity contribution is 7.91. The fourth-order valence-electron chi connectivity index (χ4n) is 1.83. The molecule has 7 nitrogen and oxygen atoms in total. The fraction of sp³-hybridized carbons (Fsp3) is 0.889. The molecule has 2 atom stereocenters. The number of hydrazine groups is 1. The molecule has 17 heavy (non-hydrogen) atoms. The Bertz CT molecular complexity index is 381. The zero-order valence-electron chi connectivity index (χ0n) is 10.2. The van der Waals surface area contributed by atoms with Crippen LogP contribution in [0.15, 0.2) is 0 Å². The zero-order valence-corrected chi connectivity index (χ0v) is 11.0. The molecule has 0 bridgehead atoms. The molecule has 0 aliphatic carbocycles. The van der Waals surface area contributed by atoms with Crippen LogP contribution in [0, 0.1) is 0 Å². The summed E-state index contributed by atoms with van der Waals surface area (Å²) < 4.78 is 27.6. The summed E-state index contributed by atoms with van der Waals surface area (Å²) in [6, 6.07) is -0.783. The number of ether oxygens (including phenoxy) is 1. The average Bonchev–Trinajstić information content (AvgIpc) is 2.40. The van der Waals surface area contributed by atoms with Crippen LogP contribution < -0.4 is 0 Å². The van der Waals surface area contributed by atoms with Gasteiger partial charge >= 0.3 is 6.09 Å². The molecule has 0 spiro atoms. The van der Waals surface area contributed by atoms with E-state index in [2.05, 4.69) is 0 Å². The number of rotatable bonds is 3. The van der Waals surface area contributed by atoms with Crippen molar-refractivity contribution >= 4 is 15.9 Å². The molecule has 0 aromatic heterocycles. The Hall–Kier alpha value is -0.860. The maximum absolute atomic E-state index is 11.7. The second-order valence-electron chi connectivity index (χ2n) is 4.10. The van der Waals surface area contributed by atoms with Gasteiger partial charge in [0.1, 0.15) is 0 Å². The summed E-state index contributed by atoms with van der Waals surface area (Å²) >= 11 is 0. The van der Waals surface area contributed by atoms with E-state index in [4.69, 9.17) is 4.74 Å². The van der Waals surface area contributed by atoms with Gasteiger partial charge in [0.15, 0.2) is 9.84 Å². The minimum Gasteiger partial charge on any atom is -0.449 e. The minimum absolute atomic E-state index is 0.193. The lowest BCUT2D eigenvalue weighted by Crippen LogP contribution is -2.53. The first-order valence-electron chi connectivity index (χ1n) is 5.30. The fourth-order valence-corrected chi connectivity index (χ4v) is 3.59. The molecule has 1 fully saturated rings. The van der Waals surface area contributed by atoms with Crippen LogP contribution in [-0.2, 0) is 14.6 Å². The summed E-state index contributed by atoms with van der Waals surface area (Å²) in [5, 5.41) is 12.3. The van der Waals surface area contributed by atoms with Gasteiger partial charge in [-0.05, 0) is 6.92 Å². The first-order valence-corrected chi connectivity index (χ1v) is 7.12. The Morgan fingerprint density at radius 3 is 2.35 bits per heavy atom. The van der Waals surface area contributed by atoms with Crippen LogP contribution in [0.1, 0.15) is 6.92 Å². The Kier molecular flexibility index (Phi) is 4.34. The van der Waals surface area contributed by atoms with E-state index in [0.717, 1.165) is 5.01 Å². The van der Waals surface area contributed by atoms with E-state index < -0.39 is 28.1 Å². The maximum atomic E-state index is 11.7. The van der Waals surface area contributed by atoms with Crippen LogP contribution in [0.2, 0.25) is 0 Å². The van der Waals surface area contributed by atoms with Gasteiger partial charge in [-0.1, -0.05) is 0 Å². The molecule has 8 heteroatoms. The third-order valence-electron chi connectivity index (χ3n) is 2.49. The molecule has 1 aliphatic rings. The number of aliphatic hydroxyl groups excluding tert-OH is 1. The number of nitrogens with zero attached hydrogens (tertiary/aromatic N) is 2. The molecule has 0 aromatic rings. The summed E-state index contributed by atoms with van der Waals surface area (Å²) in [4.78, 5) is 11.7. The van der Waals surface area contributed by atoms with Crippen LogP contribution in [0.5, 0.6) is 0 Å². The van der Waals surface area contributed by atoms with Gasteiger partial charge in [0.25, 0.3) is 0 Å². The molecule has 1 amide bonds. The summed E-state index contributed by atoms with van der Waals surface area (Å²) in [7, 11) is -0.114. The van der Waals surface area contributed by atoms with Crippen molar-refractivity contribution in [2.45, 2.75) is 19.1 Å². The van der Waals surface area contributed by atoms with E-state index in [1.807, 2.05) is 0 Å². The van der Waals surface area contributed by atoms with Crippen LogP contribution in [0.25, 0.3) is 0 Å². The molecular formula is C9H18N2O5S. The minimum atomic E-state index is -3.30. The van der Waals surface area contributed by atoms with Gasteiger partial charge in [0.05, 0.1) is 30.3 Å². The van der Waals surface area contributed by atoms with Crippen molar-refractivity contribution in [1.82, 2.24) is 10.0 Å². The Balaban J connectivity index is 2.89.